The average molecular weight is 276 g/mol. The summed E-state index contributed by atoms with van der Waals surface area (Å²) in [7, 11) is 0. The zero-order chi connectivity index (χ0) is 13.4. The van der Waals surface area contributed by atoms with Gasteiger partial charge in [0.1, 0.15) is 5.75 Å². The van der Waals surface area contributed by atoms with Gasteiger partial charge in [0.15, 0.2) is 0 Å². The number of anilines is 2. The van der Waals surface area contributed by atoms with Gasteiger partial charge in [-0.3, -0.25) is 0 Å². The van der Waals surface area contributed by atoms with Crippen molar-refractivity contribution >= 4 is 23.2 Å². The fourth-order valence-corrected chi connectivity index (χ4v) is 2.07. The van der Waals surface area contributed by atoms with Crippen molar-refractivity contribution in [2.24, 2.45) is 0 Å². The minimum absolute atomic E-state index is 0.0433. The van der Waals surface area contributed by atoms with Crippen molar-refractivity contribution in [2.75, 3.05) is 5.32 Å². The van der Waals surface area contributed by atoms with E-state index in [1.807, 2.05) is 13.0 Å². The lowest BCUT2D eigenvalue weighted by atomic mass is 10.2. The van der Waals surface area contributed by atoms with Crippen molar-refractivity contribution in [2.45, 2.75) is 25.7 Å². The van der Waals surface area contributed by atoms with Crippen molar-refractivity contribution in [3.8, 4) is 5.75 Å². The molecule has 1 saturated carbocycles. The van der Waals surface area contributed by atoms with Crippen LogP contribution in [0.4, 0.5) is 11.6 Å². The van der Waals surface area contributed by atoms with E-state index >= 15 is 0 Å². The summed E-state index contributed by atoms with van der Waals surface area (Å²) in [5.41, 5.74) is 2.75. The highest BCUT2D eigenvalue weighted by molar-refractivity contribution is 6.32. The number of aromatic nitrogens is 2. The van der Waals surface area contributed by atoms with Crippen LogP contribution in [-0.4, -0.2) is 15.1 Å². The SMILES string of the molecule is Cc1cc(C2CC2)nc(Nc2ccc(Cl)c(O)c2)n1. The number of nitrogens with zero attached hydrogens (tertiary/aromatic N) is 2. The molecule has 0 spiro atoms. The molecule has 0 bridgehead atoms. The molecule has 1 heterocycles. The molecular formula is C14H14ClN3O. The molecule has 0 atom stereocenters. The van der Waals surface area contributed by atoms with Crippen LogP contribution in [0.5, 0.6) is 5.75 Å². The van der Waals surface area contributed by atoms with Crippen molar-refractivity contribution in [3.05, 3.63) is 40.7 Å². The van der Waals surface area contributed by atoms with Gasteiger partial charge < -0.3 is 10.4 Å². The van der Waals surface area contributed by atoms with Crippen molar-refractivity contribution < 1.29 is 5.11 Å². The van der Waals surface area contributed by atoms with Gasteiger partial charge in [0, 0.05) is 29.1 Å². The second kappa shape index (κ2) is 4.70. The summed E-state index contributed by atoms with van der Waals surface area (Å²) in [6.07, 6.45) is 2.41. The number of aromatic hydroxyl groups is 1. The monoisotopic (exact) mass is 275 g/mol. The molecule has 0 radical (unpaired) electrons. The quantitative estimate of drug-likeness (QED) is 0.895. The molecule has 0 saturated heterocycles. The summed E-state index contributed by atoms with van der Waals surface area (Å²) in [5, 5.41) is 13.0. The number of aryl methyl sites for hydroxylation is 1. The molecular weight excluding hydrogens is 262 g/mol. The normalized spacial score (nSPS) is 14.4. The van der Waals surface area contributed by atoms with Gasteiger partial charge in [-0.25, -0.2) is 9.97 Å². The Hall–Kier alpha value is -1.81. The van der Waals surface area contributed by atoms with Crippen LogP contribution in [0.25, 0.3) is 0 Å². The van der Waals surface area contributed by atoms with E-state index in [-0.39, 0.29) is 5.75 Å². The minimum atomic E-state index is 0.0433. The predicted molar refractivity (Wildman–Crippen MR) is 75.1 cm³/mol. The van der Waals surface area contributed by atoms with E-state index in [0.29, 0.717) is 22.6 Å². The highest BCUT2D eigenvalue weighted by Gasteiger charge is 2.25. The lowest BCUT2D eigenvalue weighted by Crippen LogP contribution is -2.01. The largest absolute Gasteiger partial charge is 0.506 e. The van der Waals surface area contributed by atoms with E-state index in [1.54, 1.807) is 18.2 Å². The second-order valence-electron chi connectivity index (χ2n) is 4.82. The van der Waals surface area contributed by atoms with Crippen molar-refractivity contribution in [3.63, 3.8) is 0 Å². The Morgan fingerprint density at radius 2 is 2.05 bits per heavy atom. The molecule has 19 heavy (non-hydrogen) atoms. The molecule has 1 fully saturated rings. The van der Waals surface area contributed by atoms with Crippen LogP contribution in [0.1, 0.15) is 30.1 Å². The third-order valence-corrected chi connectivity index (χ3v) is 3.39. The minimum Gasteiger partial charge on any atom is -0.506 e. The summed E-state index contributed by atoms with van der Waals surface area (Å²) in [4.78, 5) is 8.86. The third kappa shape index (κ3) is 2.79. The Bertz CT molecular complexity index is 626. The Balaban J connectivity index is 1.87. The second-order valence-corrected chi connectivity index (χ2v) is 5.23. The number of halogens is 1. The van der Waals surface area contributed by atoms with Gasteiger partial charge in [0.2, 0.25) is 5.95 Å². The third-order valence-electron chi connectivity index (χ3n) is 3.07. The number of benzene rings is 1. The topological polar surface area (TPSA) is 58.0 Å². The molecule has 1 aromatic carbocycles. The van der Waals surface area contributed by atoms with Crippen LogP contribution in [0.3, 0.4) is 0 Å². The molecule has 0 amide bonds. The van der Waals surface area contributed by atoms with E-state index < -0.39 is 0 Å². The molecule has 5 heteroatoms. The Kier molecular flexibility index (Phi) is 3.03. The van der Waals surface area contributed by atoms with Crippen LogP contribution >= 0.6 is 11.6 Å². The molecule has 2 aromatic rings. The molecule has 3 rings (SSSR count). The Labute approximate surface area is 116 Å². The fourth-order valence-electron chi connectivity index (χ4n) is 1.96. The molecule has 0 aliphatic heterocycles. The first-order valence-electron chi connectivity index (χ1n) is 6.23. The summed E-state index contributed by atoms with van der Waals surface area (Å²) in [6, 6.07) is 7.01. The number of nitrogens with one attached hydrogen (secondary N) is 1. The standard InChI is InChI=1S/C14H14ClN3O/c1-8-6-12(9-2-3-9)18-14(16-8)17-10-4-5-11(15)13(19)7-10/h4-7,9,19H,2-3H2,1H3,(H,16,17,18). The van der Waals surface area contributed by atoms with Gasteiger partial charge in [0.05, 0.1) is 5.02 Å². The molecule has 1 aromatic heterocycles. The number of hydrogen-bond donors (Lipinski definition) is 2. The fraction of sp³-hybridized carbons (Fsp3) is 0.286. The van der Waals surface area contributed by atoms with E-state index in [4.69, 9.17) is 11.6 Å². The molecule has 4 nitrogen and oxygen atoms in total. The van der Waals surface area contributed by atoms with Gasteiger partial charge in [-0.2, -0.15) is 0 Å². The van der Waals surface area contributed by atoms with Gasteiger partial charge in [0.25, 0.3) is 0 Å². The van der Waals surface area contributed by atoms with Crippen LogP contribution in [0.2, 0.25) is 5.02 Å². The highest BCUT2D eigenvalue weighted by Crippen LogP contribution is 2.39. The zero-order valence-corrected chi connectivity index (χ0v) is 11.3. The maximum atomic E-state index is 9.57. The Morgan fingerprint density at radius 1 is 1.26 bits per heavy atom. The van der Waals surface area contributed by atoms with E-state index in [1.165, 1.54) is 12.8 Å². The van der Waals surface area contributed by atoms with Gasteiger partial charge in [-0.05, 0) is 38.0 Å². The summed E-state index contributed by atoms with van der Waals surface area (Å²) >= 11 is 5.77. The smallest absolute Gasteiger partial charge is 0.227 e. The first-order valence-corrected chi connectivity index (χ1v) is 6.61. The predicted octanol–water partition coefficient (Wildman–Crippen LogP) is 3.77. The van der Waals surface area contributed by atoms with Gasteiger partial charge in [-0.15, -0.1) is 0 Å². The number of phenolic OH excluding ortho intramolecular Hbond substituents is 1. The van der Waals surface area contributed by atoms with E-state index in [0.717, 1.165) is 11.4 Å². The van der Waals surface area contributed by atoms with E-state index in [2.05, 4.69) is 15.3 Å². The number of hydrogen-bond acceptors (Lipinski definition) is 4. The zero-order valence-electron chi connectivity index (χ0n) is 10.5. The Morgan fingerprint density at radius 3 is 2.74 bits per heavy atom. The van der Waals surface area contributed by atoms with E-state index in [9.17, 15) is 5.11 Å². The highest BCUT2D eigenvalue weighted by atomic mass is 35.5. The van der Waals surface area contributed by atoms with Crippen molar-refractivity contribution in [1.29, 1.82) is 0 Å². The van der Waals surface area contributed by atoms with Crippen LogP contribution in [-0.2, 0) is 0 Å². The molecule has 1 aliphatic carbocycles. The summed E-state index contributed by atoms with van der Waals surface area (Å²) in [6.45, 7) is 1.96. The van der Waals surface area contributed by atoms with Crippen LogP contribution < -0.4 is 5.32 Å². The van der Waals surface area contributed by atoms with Gasteiger partial charge >= 0.3 is 0 Å². The lowest BCUT2D eigenvalue weighted by molar-refractivity contribution is 0.476. The molecule has 1 aliphatic rings. The maximum Gasteiger partial charge on any atom is 0.227 e. The average Bonchev–Trinajstić information content (AvgIpc) is 3.17. The van der Waals surface area contributed by atoms with Crippen LogP contribution in [0.15, 0.2) is 24.3 Å². The van der Waals surface area contributed by atoms with Gasteiger partial charge in [-0.1, -0.05) is 11.6 Å². The lowest BCUT2D eigenvalue weighted by Gasteiger charge is -2.08. The summed E-state index contributed by atoms with van der Waals surface area (Å²) in [5.74, 6) is 1.19. The first-order chi connectivity index (χ1) is 9.11. The maximum absolute atomic E-state index is 9.57. The molecule has 0 unspecified atom stereocenters. The molecule has 98 valence electrons. The number of rotatable bonds is 3. The molecule has 2 N–H and O–H groups in total. The van der Waals surface area contributed by atoms with Crippen LogP contribution in [0, 0.1) is 6.92 Å². The number of phenols is 1. The summed E-state index contributed by atoms with van der Waals surface area (Å²) < 4.78 is 0. The van der Waals surface area contributed by atoms with Crippen molar-refractivity contribution in [1.82, 2.24) is 9.97 Å². The first kappa shape index (κ1) is 12.2.